The number of phenols is 2. The number of aromatic hydroxyl groups is 2. The minimum atomic E-state index is -2.13. The van der Waals surface area contributed by atoms with E-state index in [-0.39, 0.29) is 59.3 Å². The molecule has 1 aromatic heterocycles. The fourth-order valence-electron chi connectivity index (χ4n) is 8.16. The molecule has 0 radical (unpaired) electrons. The number of fused-ring (bicyclic) bond motifs is 6. The van der Waals surface area contributed by atoms with Crippen molar-refractivity contribution in [1.82, 2.24) is 15.2 Å². The normalized spacial score (nSPS) is 29.0. The number of ketones is 2. The van der Waals surface area contributed by atoms with E-state index in [1.807, 2.05) is 25.1 Å². The first kappa shape index (κ1) is 36.2. The monoisotopic (exact) mass is 765 g/mol. The Labute approximate surface area is 312 Å². The second kappa shape index (κ2) is 14.5. The largest absolute Gasteiger partial charge is 0.507 e. The molecule has 3 fully saturated rings. The molecule has 53 heavy (non-hydrogen) atoms. The first-order chi connectivity index (χ1) is 25.6. The van der Waals surface area contributed by atoms with Gasteiger partial charge in [0.2, 0.25) is 5.78 Å². The fourth-order valence-corrected chi connectivity index (χ4v) is 9.95. The van der Waals surface area contributed by atoms with Crippen LogP contribution in [0.15, 0.2) is 47.6 Å². The van der Waals surface area contributed by atoms with Crippen LogP contribution < -0.4 is 10.1 Å². The van der Waals surface area contributed by atoms with Crippen LogP contribution in [-0.2, 0) is 30.2 Å². The third kappa shape index (κ3) is 6.38. The molecule has 4 N–H and O–H groups in total. The molecule has 8 rings (SSSR count). The van der Waals surface area contributed by atoms with Gasteiger partial charge in [0.05, 0.1) is 49.2 Å². The summed E-state index contributed by atoms with van der Waals surface area (Å²) in [6.07, 6.45) is -1.70. The summed E-state index contributed by atoms with van der Waals surface area (Å²) >= 11 is 0. The summed E-state index contributed by atoms with van der Waals surface area (Å²) in [6.45, 7) is 3.75. The Hall–Kier alpha value is -3.74. The third-order valence-electron chi connectivity index (χ3n) is 10.6. The Morgan fingerprint density at radius 1 is 1.09 bits per heavy atom. The van der Waals surface area contributed by atoms with Gasteiger partial charge in [0, 0.05) is 67.0 Å². The smallest absolute Gasteiger partial charge is 0.252 e. The first-order valence-corrected chi connectivity index (χ1v) is 19.8. The Morgan fingerprint density at radius 2 is 1.92 bits per heavy atom. The molecular weight excluding hydrogens is 727 g/mol. The molecule has 2 aliphatic carbocycles. The van der Waals surface area contributed by atoms with Crippen LogP contribution in [0.25, 0.3) is 0 Å². The molecule has 280 valence electrons. The molecular formula is C37H39N3O11S2. The highest BCUT2D eigenvalue weighted by Gasteiger charge is 2.53. The van der Waals surface area contributed by atoms with E-state index in [1.165, 1.54) is 40.8 Å². The third-order valence-corrected chi connectivity index (χ3v) is 12.8. The summed E-state index contributed by atoms with van der Waals surface area (Å²) in [5, 5.41) is 39.5. The molecule has 16 heteroatoms. The topological polar surface area (TPSA) is 186 Å². The van der Waals surface area contributed by atoms with E-state index < -0.39 is 70.6 Å². The molecule has 0 unspecified atom stereocenters. The van der Waals surface area contributed by atoms with Crippen LogP contribution in [0, 0.1) is 0 Å². The molecule has 0 saturated carbocycles. The number of nitrogens with zero attached hydrogens (tertiary/aromatic N) is 2. The Kier molecular flexibility index (Phi) is 9.91. The van der Waals surface area contributed by atoms with Crippen LogP contribution in [0.5, 0.6) is 17.2 Å². The summed E-state index contributed by atoms with van der Waals surface area (Å²) in [7, 11) is 4.30. The summed E-state index contributed by atoms with van der Waals surface area (Å²) < 4.78 is 30.1. The average molecular weight is 766 g/mol. The maximum Gasteiger partial charge on any atom is 0.252 e. The number of hydrogen-bond donors (Lipinski definition) is 4. The van der Waals surface area contributed by atoms with Gasteiger partial charge in [-0.15, -0.1) is 0 Å². The number of benzene rings is 2. The van der Waals surface area contributed by atoms with Gasteiger partial charge in [0.15, 0.2) is 12.1 Å². The van der Waals surface area contributed by atoms with Crippen LogP contribution in [-0.4, -0.2) is 118 Å². The fraction of sp³-hybridized carbons (Fsp3) is 0.459. The number of nitrogens with one attached hydrogen (secondary N) is 1. The lowest BCUT2D eigenvalue weighted by Crippen LogP contribution is -2.54. The standard InChI is InChI=1S/C37H39N3O11S2/c1-18-35-21(40-11-12-48-17-25(40)51-35)14-26(49-18)50-23-16-37(46,36(45)39-10-13-52-53-24-8-3-4-9-38-24)15-20-28(23)34(44)30-29(32(20)42)31(41)19-6-5-7-22(47-2)27(19)33(30)43/h3-9,18,21,23,25-26,35,42,44,46H,10-17H2,1-2H3,(H,39,45)/t18-,21-,23-,25+,26-,35+,37-/m0/s1. The minimum absolute atomic E-state index is 0.00540. The predicted octanol–water partition coefficient (Wildman–Crippen LogP) is 3.13. The van der Waals surface area contributed by atoms with Gasteiger partial charge >= 0.3 is 0 Å². The number of methoxy groups -OCH3 is 1. The van der Waals surface area contributed by atoms with Gasteiger partial charge in [0.1, 0.15) is 40.2 Å². The van der Waals surface area contributed by atoms with Crippen LogP contribution in [0.1, 0.15) is 68.8 Å². The van der Waals surface area contributed by atoms with Gasteiger partial charge in [-0.1, -0.05) is 29.0 Å². The number of amides is 1. The van der Waals surface area contributed by atoms with Crippen molar-refractivity contribution in [3.63, 3.8) is 0 Å². The van der Waals surface area contributed by atoms with E-state index in [9.17, 15) is 29.7 Å². The van der Waals surface area contributed by atoms with Crippen LogP contribution >= 0.6 is 21.6 Å². The molecule has 1 amide bonds. The van der Waals surface area contributed by atoms with Gasteiger partial charge in [-0.2, -0.15) is 0 Å². The van der Waals surface area contributed by atoms with Crippen molar-refractivity contribution in [3.05, 3.63) is 76.0 Å². The number of ether oxygens (including phenoxy) is 5. The molecule has 7 atom stereocenters. The van der Waals surface area contributed by atoms with E-state index in [1.54, 1.807) is 12.3 Å². The Balaban J connectivity index is 1.12. The van der Waals surface area contributed by atoms with Crippen LogP contribution in [0.4, 0.5) is 0 Å². The van der Waals surface area contributed by atoms with Crippen LogP contribution in [0.3, 0.4) is 0 Å². The van der Waals surface area contributed by atoms with Crippen molar-refractivity contribution < 1.29 is 53.4 Å². The number of morpholine rings is 1. The second-order valence-electron chi connectivity index (χ2n) is 13.7. The quantitative estimate of drug-likeness (QED) is 0.111. The molecule has 5 aliphatic rings. The molecule has 3 saturated heterocycles. The molecule has 0 spiro atoms. The van der Waals surface area contributed by atoms with Crippen molar-refractivity contribution in [3.8, 4) is 17.2 Å². The van der Waals surface area contributed by atoms with E-state index in [2.05, 4.69) is 15.2 Å². The number of carbonyl (C=O) groups excluding carboxylic acids is 3. The number of aromatic nitrogens is 1. The van der Waals surface area contributed by atoms with E-state index >= 15 is 0 Å². The van der Waals surface area contributed by atoms with E-state index in [0.717, 1.165) is 5.03 Å². The molecule has 14 nitrogen and oxygen atoms in total. The SMILES string of the molecule is COc1cccc2c1C(=O)c1c(O)c3c(c(O)c1C2=O)C[C@@](O)(C(=O)NCCSSc1ccccn1)C[C@@H]3O[C@H]1C[C@H]2[C@H](O[C@@H]3COCCN32)[C@H](C)O1. The molecule has 3 aromatic rings. The average Bonchev–Trinajstić information content (AvgIpc) is 3.54. The van der Waals surface area contributed by atoms with Crippen molar-refractivity contribution in [2.45, 2.75) is 73.7 Å². The number of aliphatic hydroxyl groups is 1. The Morgan fingerprint density at radius 3 is 2.72 bits per heavy atom. The summed E-state index contributed by atoms with van der Waals surface area (Å²) in [6, 6.07) is 10.0. The first-order valence-electron chi connectivity index (χ1n) is 17.5. The maximum absolute atomic E-state index is 14.1. The van der Waals surface area contributed by atoms with Crippen molar-refractivity contribution in [2.75, 3.05) is 39.2 Å². The predicted molar refractivity (Wildman–Crippen MR) is 191 cm³/mol. The lowest BCUT2D eigenvalue weighted by atomic mass is 9.72. The molecule has 2 aromatic carbocycles. The maximum atomic E-state index is 14.1. The van der Waals surface area contributed by atoms with Crippen LogP contribution in [0.2, 0.25) is 0 Å². The highest BCUT2D eigenvalue weighted by Crippen LogP contribution is 2.53. The summed E-state index contributed by atoms with van der Waals surface area (Å²) in [5.41, 5.74) is -3.05. The number of rotatable bonds is 9. The van der Waals surface area contributed by atoms with Crippen molar-refractivity contribution >= 4 is 39.1 Å². The lowest BCUT2D eigenvalue weighted by Gasteiger charge is -2.43. The van der Waals surface area contributed by atoms with Gasteiger partial charge in [-0.25, -0.2) is 4.98 Å². The number of phenolic OH excluding ortho intramolecular Hbond substituents is 2. The second-order valence-corrected chi connectivity index (χ2v) is 16.1. The van der Waals surface area contributed by atoms with Gasteiger partial charge in [-0.05, 0) is 35.9 Å². The molecule has 0 bridgehead atoms. The zero-order valence-electron chi connectivity index (χ0n) is 29.0. The summed E-state index contributed by atoms with van der Waals surface area (Å²) in [4.78, 5) is 48.3. The van der Waals surface area contributed by atoms with Crippen molar-refractivity contribution in [1.29, 1.82) is 0 Å². The molecule has 3 aliphatic heterocycles. The minimum Gasteiger partial charge on any atom is -0.507 e. The highest BCUT2D eigenvalue weighted by atomic mass is 33.1. The highest BCUT2D eigenvalue weighted by molar-refractivity contribution is 8.76. The van der Waals surface area contributed by atoms with E-state index in [0.29, 0.717) is 31.9 Å². The Bertz CT molecular complexity index is 1950. The molecule has 4 heterocycles. The zero-order chi connectivity index (χ0) is 37.0. The summed E-state index contributed by atoms with van der Waals surface area (Å²) in [5.74, 6) is -2.69. The van der Waals surface area contributed by atoms with Gasteiger partial charge in [0.25, 0.3) is 5.91 Å². The van der Waals surface area contributed by atoms with Gasteiger partial charge in [-0.3, -0.25) is 19.3 Å². The number of hydrogen-bond acceptors (Lipinski definition) is 15. The van der Waals surface area contributed by atoms with Gasteiger partial charge < -0.3 is 44.3 Å². The van der Waals surface area contributed by atoms with Crippen molar-refractivity contribution in [2.24, 2.45) is 0 Å². The number of pyridine rings is 1. The van der Waals surface area contributed by atoms with E-state index in [4.69, 9.17) is 23.7 Å². The lowest BCUT2D eigenvalue weighted by molar-refractivity contribution is -0.247. The number of carbonyl (C=O) groups is 3. The zero-order valence-corrected chi connectivity index (χ0v) is 30.6.